The standard InChI is InChI=1S/C9H14F2O4S/c10-9(11)7(5-8(12)13)6-1-3-16(14,15)4-2-6/h6-7,9H,1-5H2,(H,12,13). The summed E-state index contributed by atoms with van der Waals surface area (Å²) < 4.78 is 47.5. The van der Waals surface area contributed by atoms with Gasteiger partial charge in [-0.15, -0.1) is 0 Å². The molecule has 0 aromatic heterocycles. The maximum absolute atomic E-state index is 12.6. The third-order valence-corrected chi connectivity index (χ3v) is 4.65. The number of alkyl halides is 2. The highest BCUT2D eigenvalue weighted by Crippen LogP contribution is 2.32. The van der Waals surface area contributed by atoms with E-state index in [0.29, 0.717) is 0 Å². The largest absolute Gasteiger partial charge is 0.481 e. The van der Waals surface area contributed by atoms with E-state index in [9.17, 15) is 22.0 Å². The van der Waals surface area contributed by atoms with Crippen LogP contribution in [0.3, 0.4) is 0 Å². The predicted octanol–water partition coefficient (Wildman–Crippen LogP) is 1.17. The van der Waals surface area contributed by atoms with Gasteiger partial charge in [-0.25, -0.2) is 17.2 Å². The Balaban J connectivity index is 2.63. The summed E-state index contributed by atoms with van der Waals surface area (Å²) in [7, 11) is -3.10. The van der Waals surface area contributed by atoms with E-state index in [2.05, 4.69) is 0 Å². The quantitative estimate of drug-likeness (QED) is 0.819. The minimum absolute atomic E-state index is 0.111. The minimum Gasteiger partial charge on any atom is -0.481 e. The minimum atomic E-state index is -3.10. The summed E-state index contributed by atoms with van der Waals surface area (Å²) >= 11 is 0. The lowest BCUT2D eigenvalue weighted by molar-refractivity contribution is -0.140. The fourth-order valence-corrected chi connectivity index (χ4v) is 3.53. The van der Waals surface area contributed by atoms with Gasteiger partial charge in [-0.1, -0.05) is 0 Å². The third-order valence-electron chi connectivity index (χ3n) is 2.94. The fourth-order valence-electron chi connectivity index (χ4n) is 2.00. The monoisotopic (exact) mass is 256 g/mol. The Kier molecular flexibility index (Phi) is 4.23. The van der Waals surface area contributed by atoms with Crippen LogP contribution in [0.2, 0.25) is 0 Å². The Hall–Kier alpha value is -0.720. The average molecular weight is 256 g/mol. The van der Waals surface area contributed by atoms with Crippen molar-refractivity contribution in [2.24, 2.45) is 11.8 Å². The average Bonchev–Trinajstić information content (AvgIpc) is 2.14. The van der Waals surface area contributed by atoms with Crippen LogP contribution in [0.25, 0.3) is 0 Å². The number of halogens is 2. The molecular formula is C9H14F2O4S. The van der Waals surface area contributed by atoms with E-state index >= 15 is 0 Å². The molecule has 1 fully saturated rings. The van der Waals surface area contributed by atoms with Crippen LogP contribution in [0.1, 0.15) is 19.3 Å². The Morgan fingerprint density at radius 1 is 1.31 bits per heavy atom. The van der Waals surface area contributed by atoms with Crippen LogP contribution >= 0.6 is 0 Å². The van der Waals surface area contributed by atoms with Gasteiger partial charge < -0.3 is 5.11 Å². The number of carbonyl (C=O) groups is 1. The summed E-state index contributed by atoms with van der Waals surface area (Å²) in [5, 5.41) is 8.51. The zero-order valence-electron chi connectivity index (χ0n) is 8.60. The molecule has 0 aromatic rings. The van der Waals surface area contributed by atoms with Crippen molar-refractivity contribution in [3.8, 4) is 0 Å². The van der Waals surface area contributed by atoms with E-state index in [1.807, 2.05) is 0 Å². The van der Waals surface area contributed by atoms with E-state index in [0.717, 1.165) is 0 Å². The van der Waals surface area contributed by atoms with E-state index in [1.54, 1.807) is 0 Å². The first-order valence-corrected chi connectivity index (χ1v) is 6.84. The van der Waals surface area contributed by atoms with Crippen LogP contribution in [0, 0.1) is 11.8 Å². The zero-order chi connectivity index (χ0) is 12.3. The first-order valence-electron chi connectivity index (χ1n) is 5.02. The third kappa shape index (κ3) is 3.70. The van der Waals surface area contributed by atoms with Crippen molar-refractivity contribution < 1.29 is 27.1 Å². The van der Waals surface area contributed by atoms with Gasteiger partial charge in [0, 0.05) is 5.92 Å². The molecule has 0 aromatic carbocycles. The summed E-state index contributed by atoms with van der Waals surface area (Å²) in [5.74, 6) is -3.22. The molecule has 94 valence electrons. The zero-order valence-corrected chi connectivity index (χ0v) is 9.42. The molecule has 7 heteroatoms. The highest BCUT2D eigenvalue weighted by molar-refractivity contribution is 7.91. The van der Waals surface area contributed by atoms with Crippen LogP contribution in [0.4, 0.5) is 8.78 Å². The summed E-state index contributed by atoms with van der Waals surface area (Å²) in [6, 6.07) is 0. The first kappa shape index (κ1) is 13.3. The lowest BCUT2D eigenvalue weighted by Crippen LogP contribution is -2.32. The highest BCUT2D eigenvalue weighted by atomic mass is 32.2. The maximum Gasteiger partial charge on any atom is 0.303 e. The Morgan fingerprint density at radius 3 is 2.19 bits per heavy atom. The molecule has 0 amide bonds. The molecule has 1 heterocycles. The van der Waals surface area contributed by atoms with Crippen molar-refractivity contribution in [1.82, 2.24) is 0 Å². The van der Waals surface area contributed by atoms with Crippen LogP contribution in [-0.2, 0) is 14.6 Å². The molecular weight excluding hydrogens is 242 g/mol. The summed E-state index contributed by atoms with van der Waals surface area (Å²) in [6.45, 7) is 0. The van der Waals surface area contributed by atoms with E-state index < -0.39 is 40.5 Å². The van der Waals surface area contributed by atoms with Crippen molar-refractivity contribution in [1.29, 1.82) is 0 Å². The van der Waals surface area contributed by atoms with Gasteiger partial charge in [-0.2, -0.15) is 0 Å². The van der Waals surface area contributed by atoms with E-state index in [4.69, 9.17) is 5.11 Å². The van der Waals surface area contributed by atoms with Gasteiger partial charge in [-0.3, -0.25) is 4.79 Å². The number of hydrogen-bond acceptors (Lipinski definition) is 3. The lowest BCUT2D eigenvalue weighted by atomic mass is 9.85. The van der Waals surface area contributed by atoms with Gasteiger partial charge >= 0.3 is 5.97 Å². The Morgan fingerprint density at radius 2 is 1.81 bits per heavy atom. The van der Waals surface area contributed by atoms with Crippen LogP contribution < -0.4 is 0 Å². The fraction of sp³-hybridized carbons (Fsp3) is 0.889. The van der Waals surface area contributed by atoms with Crippen molar-refractivity contribution in [2.45, 2.75) is 25.7 Å². The smallest absolute Gasteiger partial charge is 0.303 e. The maximum atomic E-state index is 12.6. The molecule has 16 heavy (non-hydrogen) atoms. The SMILES string of the molecule is O=C(O)CC(C(F)F)C1CCS(=O)(=O)CC1. The number of rotatable bonds is 4. The van der Waals surface area contributed by atoms with Crippen molar-refractivity contribution in [3.05, 3.63) is 0 Å². The predicted molar refractivity (Wildman–Crippen MR) is 53.1 cm³/mol. The number of carboxylic acid groups (broad SMARTS) is 1. The second-order valence-corrected chi connectivity index (χ2v) is 6.39. The number of hydrogen-bond donors (Lipinski definition) is 1. The molecule has 0 aliphatic carbocycles. The molecule has 0 saturated carbocycles. The number of aliphatic carboxylic acids is 1. The van der Waals surface area contributed by atoms with Crippen molar-refractivity contribution in [2.75, 3.05) is 11.5 Å². The van der Waals surface area contributed by atoms with Gasteiger partial charge in [0.05, 0.1) is 17.9 Å². The molecule has 4 nitrogen and oxygen atoms in total. The number of carboxylic acids is 1. The van der Waals surface area contributed by atoms with Crippen molar-refractivity contribution in [3.63, 3.8) is 0 Å². The van der Waals surface area contributed by atoms with E-state index in [-0.39, 0.29) is 24.3 Å². The summed E-state index contributed by atoms with van der Waals surface area (Å²) in [6.07, 6.45) is -3.01. The Bertz CT molecular complexity index is 339. The summed E-state index contributed by atoms with van der Waals surface area (Å²) in [5.41, 5.74) is 0. The lowest BCUT2D eigenvalue weighted by Gasteiger charge is -2.28. The van der Waals surface area contributed by atoms with Gasteiger partial charge in [-0.05, 0) is 18.8 Å². The van der Waals surface area contributed by atoms with Gasteiger partial charge in [0.1, 0.15) is 9.84 Å². The van der Waals surface area contributed by atoms with Gasteiger partial charge in [0.2, 0.25) is 6.43 Å². The molecule has 1 unspecified atom stereocenters. The van der Waals surface area contributed by atoms with E-state index in [1.165, 1.54) is 0 Å². The molecule has 1 rings (SSSR count). The molecule has 1 saturated heterocycles. The van der Waals surface area contributed by atoms with Crippen LogP contribution in [0.15, 0.2) is 0 Å². The number of sulfone groups is 1. The van der Waals surface area contributed by atoms with Crippen LogP contribution in [-0.4, -0.2) is 37.4 Å². The molecule has 1 aliphatic rings. The first-order chi connectivity index (χ1) is 7.32. The topological polar surface area (TPSA) is 71.4 Å². The highest BCUT2D eigenvalue weighted by Gasteiger charge is 2.35. The Labute approximate surface area is 92.6 Å². The molecule has 0 bridgehead atoms. The molecule has 1 atom stereocenters. The van der Waals surface area contributed by atoms with Gasteiger partial charge in [0.15, 0.2) is 0 Å². The van der Waals surface area contributed by atoms with Gasteiger partial charge in [0.25, 0.3) is 0 Å². The summed E-state index contributed by atoms with van der Waals surface area (Å²) in [4.78, 5) is 10.4. The molecule has 0 spiro atoms. The second kappa shape index (κ2) is 5.07. The normalized spacial score (nSPS) is 23.2. The van der Waals surface area contributed by atoms with Crippen LogP contribution in [0.5, 0.6) is 0 Å². The molecule has 1 aliphatic heterocycles. The molecule has 1 N–H and O–H groups in total. The van der Waals surface area contributed by atoms with Crippen molar-refractivity contribution >= 4 is 15.8 Å². The second-order valence-electron chi connectivity index (χ2n) is 4.09. The molecule has 0 radical (unpaired) electrons.